The van der Waals surface area contributed by atoms with Gasteiger partial charge in [-0.15, -0.1) is 11.8 Å². The van der Waals surface area contributed by atoms with Gasteiger partial charge in [-0.1, -0.05) is 30.0 Å². The molecule has 0 aliphatic heterocycles. The molecule has 0 N–H and O–H groups in total. The summed E-state index contributed by atoms with van der Waals surface area (Å²) in [7, 11) is -3.07. The van der Waals surface area contributed by atoms with Crippen LogP contribution in [-0.2, 0) is 13.6 Å². The molecule has 1 atom stereocenters. The molecule has 0 aliphatic rings. The second-order valence-corrected chi connectivity index (χ2v) is 8.58. The van der Waals surface area contributed by atoms with Crippen LogP contribution in [0, 0.1) is 0 Å². The van der Waals surface area contributed by atoms with Crippen LogP contribution in [0.2, 0.25) is 0 Å². The van der Waals surface area contributed by atoms with Gasteiger partial charge < -0.3 is 9.05 Å². The molecule has 0 bridgehead atoms. The van der Waals surface area contributed by atoms with Crippen molar-refractivity contribution >= 4 is 31.1 Å². The molecule has 0 heterocycles. The van der Waals surface area contributed by atoms with Gasteiger partial charge >= 0.3 is 7.60 Å². The fourth-order valence-electron chi connectivity index (χ4n) is 1.38. The maximum atomic E-state index is 12.7. The highest BCUT2D eigenvalue weighted by Gasteiger charge is 2.35. The smallest absolute Gasteiger partial charge is 0.308 e. The zero-order valence-corrected chi connectivity index (χ0v) is 13.4. The molecule has 0 saturated heterocycles. The molecule has 1 rings (SSSR count). The Labute approximate surface area is 118 Å². The predicted molar refractivity (Wildman–Crippen MR) is 80.5 cm³/mol. The van der Waals surface area contributed by atoms with Gasteiger partial charge in [-0.2, -0.15) is 0 Å². The van der Waals surface area contributed by atoms with Crippen LogP contribution in [0.1, 0.15) is 13.8 Å². The zero-order chi connectivity index (χ0) is 13.4. The van der Waals surface area contributed by atoms with Gasteiger partial charge in [-0.05, 0) is 32.2 Å². The van der Waals surface area contributed by atoms with Crippen molar-refractivity contribution < 1.29 is 13.6 Å². The minimum absolute atomic E-state index is 0.236. The van der Waals surface area contributed by atoms with Crippen molar-refractivity contribution in [3.63, 3.8) is 0 Å². The Balaban J connectivity index is 2.82. The molecule has 3 nitrogen and oxygen atoms in total. The van der Waals surface area contributed by atoms with Gasteiger partial charge in [-0.25, -0.2) is 0 Å². The first-order chi connectivity index (χ1) is 8.66. The molecular weight excluding hydrogens is 287 g/mol. The van der Waals surface area contributed by atoms with Gasteiger partial charge in [-0.3, -0.25) is 4.57 Å². The maximum absolute atomic E-state index is 12.7. The summed E-state index contributed by atoms with van der Waals surface area (Å²) in [6.07, 6.45) is 1.92. The van der Waals surface area contributed by atoms with Crippen LogP contribution in [0.3, 0.4) is 0 Å². The SMILES string of the molecule is CCOP(=O)(OCC)C(SC)Sc1ccccc1. The standard InChI is InChI=1S/C12H19O3PS2/c1-4-14-16(13,15-5-2)12(17-3)18-11-9-7-6-8-10-11/h6-10,12H,4-5H2,1-3H3. The van der Waals surface area contributed by atoms with Crippen LogP contribution in [0.5, 0.6) is 0 Å². The van der Waals surface area contributed by atoms with E-state index in [1.807, 2.05) is 50.4 Å². The third kappa shape index (κ3) is 4.63. The maximum Gasteiger partial charge on any atom is 0.353 e. The normalized spacial score (nSPS) is 13.5. The summed E-state index contributed by atoms with van der Waals surface area (Å²) < 4.78 is 23.2. The molecule has 0 aliphatic carbocycles. The second-order valence-electron chi connectivity index (χ2n) is 3.35. The number of hydrogen-bond acceptors (Lipinski definition) is 5. The van der Waals surface area contributed by atoms with Gasteiger partial charge in [0, 0.05) is 4.90 Å². The van der Waals surface area contributed by atoms with Gasteiger partial charge in [0.2, 0.25) is 0 Å². The molecule has 1 aromatic carbocycles. The third-order valence-corrected chi connectivity index (χ3v) is 8.32. The summed E-state index contributed by atoms with van der Waals surface area (Å²) in [4.78, 5) is 1.07. The minimum Gasteiger partial charge on any atom is -0.308 e. The lowest BCUT2D eigenvalue weighted by molar-refractivity contribution is 0.222. The Kier molecular flexibility index (Phi) is 7.42. The predicted octanol–water partition coefficient (Wildman–Crippen LogP) is 4.69. The van der Waals surface area contributed by atoms with E-state index in [1.54, 1.807) is 0 Å². The molecule has 6 heteroatoms. The Morgan fingerprint density at radius 3 is 2.17 bits per heavy atom. The van der Waals surface area contributed by atoms with E-state index >= 15 is 0 Å². The lowest BCUT2D eigenvalue weighted by atomic mass is 10.4. The molecule has 0 fully saturated rings. The summed E-state index contributed by atoms with van der Waals surface area (Å²) in [5, 5.41) is 0. The van der Waals surface area contributed by atoms with Crippen LogP contribution in [0.25, 0.3) is 0 Å². The van der Waals surface area contributed by atoms with E-state index in [0.29, 0.717) is 13.2 Å². The average Bonchev–Trinajstić information content (AvgIpc) is 2.37. The van der Waals surface area contributed by atoms with Gasteiger partial charge in [0.15, 0.2) is 4.32 Å². The topological polar surface area (TPSA) is 35.5 Å². The van der Waals surface area contributed by atoms with Crippen molar-refractivity contribution in [2.45, 2.75) is 23.1 Å². The second kappa shape index (κ2) is 8.28. The Bertz CT molecular complexity index is 376. The summed E-state index contributed by atoms with van der Waals surface area (Å²) in [5.74, 6) is 0. The average molecular weight is 306 g/mol. The van der Waals surface area contributed by atoms with E-state index in [0.717, 1.165) is 4.90 Å². The molecular formula is C12H19O3PS2. The number of thioether (sulfide) groups is 2. The molecule has 0 amide bonds. The molecule has 1 unspecified atom stereocenters. The van der Waals surface area contributed by atoms with E-state index in [2.05, 4.69) is 0 Å². The van der Waals surface area contributed by atoms with Gasteiger partial charge in [0.25, 0.3) is 0 Å². The van der Waals surface area contributed by atoms with Crippen molar-refractivity contribution in [1.82, 2.24) is 0 Å². The van der Waals surface area contributed by atoms with E-state index < -0.39 is 7.60 Å². The fraction of sp³-hybridized carbons (Fsp3) is 0.500. The zero-order valence-electron chi connectivity index (χ0n) is 10.9. The van der Waals surface area contributed by atoms with Crippen LogP contribution in [-0.4, -0.2) is 23.8 Å². The first kappa shape index (κ1) is 16.1. The lowest BCUT2D eigenvalue weighted by Crippen LogP contribution is -2.06. The number of rotatable bonds is 8. The molecule has 0 radical (unpaired) electrons. The van der Waals surface area contributed by atoms with E-state index in [-0.39, 0.29) is 4.32 Å². The van der Waals surface area contributed by atoms with Crippen molar-refractivity contribution in [3.05, 3.63) is 30.3 Å². The molecule has 0 aromatic heterocycles. The van der Waals surface area contributed by atoms with Crippen molar-refractivity contribution in [2.24, 2.45) is 0 Å². The fourth-order valence-corrected chi connectivity index (χ4v) is 6.32. The summed E-state index contributed by atoms with van der Waals surface area (Å²) in [5.41, 5.74) is 0. The number of hydrogen-bond donors (Lipinski definition) is 0. The van der Waals surface area contributed by atoms with E-state index in [4.69, 9.17) is 9.05 Å². The number of benzene rings is 1. The minimum atomic E-state index is -3.07. The summed E-state index contributed by atoms with van der Waals surface area (Å²) in [6, 6.07) is 9.88. The van der Waals surface area contributed by atoms with Crippen molar-refractivity contribution in [1.29, 1.82) is 0 Å². The molecule has 1 aromatic rings. The van der Waals surface area contributed by atoms with Crippen LogP contribution >= 0.6 is 31.1 Å². The van der Waals surface area contributed by atoms with Gasteiger partial charge in [0.05, 0.1) is 13.2 Å². The Morgan fingerprint density at radius 1 is 1.17 bits per heavy atom. The quantitative estimate of drug-likeness (QED) is 0.395. The summed E-state index contributed by atoms with van der Waals surface area (Å²) >= 11 is 3.03. The van der Waals surface area contributed by atoms with Crippen LogP contribution in [0.4, 0.5) is 0 Å². The summed E-state index contributed by atoms with van der Waals surface area (Å²) in [6.45, 7) is 4.44. The molecule has 0 saturated carbocycles. The first-order valence-corrected chi connectivity index (χ1v) is 9.57. The van der Waals surface area contributed by atoms with Crippen LogP contribution in [0.15, 0.2) is 35.2 Å². The van der Waals surface area contributed by atoms with Crippen LogP contribution < -0.4 is 0 Å². The van der Waals surface area contributed by atoms with Crippen molar-refractivity contribution in [2.75, 3.05) is 19.5 Å². The molecule has 102 valence electrons. The van der Waals surface area contributed by atoms with Crippen molar-refractivity contribution in [3.8, 4) is 0 Å². The highest BCUT2D eigenvalue weighted by atomic mass is 32.2. The monoisotopic (exact) mass is 306 g/mol. The van der Waals surface area contributed by atoms with E-state index in [9.17, 15) is 4.57 Å². The lowest BCUT2D eigenvalue weighted by Gasteiger charge is -2.24. The Hall–Kier alpha value is 0.0700. The Morgan fingerprint density at radius 2 is 1.72 bits per heavy atom. The highest BCUT2D eigenvalue weighted by molar-refractivity contribution is 8.23. The molecule has 0 spiro atoms. The highest BCUT2D eigenvalue weighted by Crippen LogP contribution is 2.61. The first-order valence-electron chi connectivity index (χ1n) is 5.79. The van der Waals surface area contributed by atoms with E-state index in [1.165, 1.54) is 23.5 Å². The molecule has 18 heavy (non-hydrogen) atoms. The van der Waals surface area contributed by atoms with Gasteiger partial charge in [0.1, 0.15) is 0 Å². The largest absolute Gasteiger partial charge is 0.353 e. The third-order valence-electron chi connectivity index (χ3n) is 2.06.